The molecule has 0 saturated heterocycles. The van der Waals surface area contributed by atoms with Crippen LogP contribution in [0.4, 0.5) is 0 Å². The zero-order chi connectivity index (χ0) is 12.7. The van der Waals surface area contributed by atoms with E-state index in [9.17, 15) is 4.79 Å². The van der Waals surface area contributed by atoms with E-state index in [-0.39, 0.29) is 5.91 Å². The van der Waals surface area contributed by atoms with Crippen molar-refractivity contribution in [1.82, 2.24) is 9.88 Å². The van der Waals surface area contributed by atoms with Gasteiger partial charge in [0.2, 0.25) is 5.91 Å². The largest absolute Gasteiger partial charge is 0.382 e. The molecule has 0 saturated carbocycles. The summed E-state index contributed by atoms with van der Waals surface area (Å²) in [6.07, 6.45) is 3.18. The fraction of sp³-hybridized carbons (Fsp3) is 0.667. The Labute approximate surface area is 107 Å². The number of aryl methyl sites for hydroxylation is 1. The van der Waals surface area contributed by atoms with Crippen molar-refractivity contribution in [3.63, 3.8) is 0 Å². The van der Waals surface area contributed by atoms with Crippen molar-refractivity contribution in [1.29, 1.82) is 0 Å². The van der Waals surface area contributed by atoms with Crippen LogP contribution in [0.25, 0.3) is 0 Å². The maximum atomic E-state index is 11.8. The molecule has 17 heavy (non-hydrogen) atoms. The number of thiazole rings is 1. The first-order chi connectivity index (χ1) is 8.13. The van der Waals surface area contributed by atoms with Gasteiger partial charge in [0.05, 0.1) is 11.6 Å². The number of carbonyl (C=O) groups is 1. The van der Waals surface area contributed by atoms with E-state index >= 15 is 0 Å². The summed E-state index contributed by atoms with van der Waals surface area (Å²) in [6, 6.07) is 0. The third-order valence-corrected chi connectivity index (χ3v) is 3.27. The van der Waals surface area contributed by atoms with Crippen molar-refractivity contribution in [2.45, 2.75) is 33.2 Å². The molecule has 0 bridgehead atoms. The normalized spacial score (nSPS) is 10.5. The quantitative estimate of drug-likeness (QED) is 0.703. The Morgan fingerprint density at radius 1 is 1.59 bits per heavy atom. The second kappa shape index (κ2) is 7.40. The standard InChI is InChI=1S/C12H20N2O2S/c1-4-16-7-5-6-12(15)14(3)9-11-8-13-10(2)17-11/h8H,4-7,9H2,1-3H3. The van der Waals surface area contributed by atoms with Crippen molar-refractivity contribution in [2.24, 2.45) is 0 Å². The molecule has 4 nitrogen and oxygen atoms in total. The topological polar surface area (TPSA) is 42.4 Å². The molecule has 5 heteroatoms. The highest BCUT2D eigenvalue weighted by molar-refractivity contribution is 7.11. The van der Waals surface area contributed by atoms with Crippen LogP contribution in [0.3, 0.4) is 0 Å². The van der Waals surface area contributed by atoms with Gasteiger partial charge in [0.15, 0.2) is 0 Å². The molecule has 0 aromatic carbocycles. The molecule has 0 atom stereocenters. The minimum Gasteiger partial charge on any atom is -0.382 e. The monoisotopic (exact) mass is 256 g/mol. The molecule has 0 spiro atoms. The summed E-state index contributed by atoms with van der Waals surface area (Å²) < 4.78 is 5.21. The molecular formula is C12H20N2O2S. The van der Waals surface area contributed by atoms with Crippen LogP contribution in [0.1, 0.15) is 29.7 Å². The Kier molecular flexibility index (Phi) is 6.15. The average molecular weight is 256 g/mol. The van der Waals surface area contributed by atoms with Gasteiger partial charge in [-0.2, -0.15) is 0 Å². The summed E-state index contributed by atoms with van der Waals surface area (Å²) in [7, 11) is 1.83. The van der Waals surface area contributed by atoms with Gasteiger partial charge in [-0.05, 0) is 20.3 Å². The Morgan fingerprint density at radius 3 is 2.94 bits per heavy atom. The maximum Gasteiger partial charge on any atom is 0.222 e. The predicted molar refractivity (Wildman–Crippen MR) is 69.1 cm³/mol. The van der Waals surface area contributed by atoms with Crippen molar-refractivity contribution in [2.75, 3.05) is 20.3 Å². The third kappa shape index (κ3) is 5.28. The van der Waals surface area contributed by atoms with Gasteiger partial charge in [-0.3, -0.25) is 4.79 Å². The molecule has 1 heterocycles. The predicted octanol–water partition coefficient (Wildman–Crippen LogP) is 2.23. The summed E-state index contributed by atoms with van der Waals surface area (Å²) >= 11 is 1.64. The van der Waals surface area contributed by atoms with Crippen molar-refractivity contribution in [3.8, 4) is 0 Å². The van der Waals surface area contributed by atoms with E-state index in [1.807, 2.05) is 27.1 Å². The molecule has 1 amide bonds. The number of rotatable bonds is 7. The van der Waals surface area contributed by atoms with E-state index < -0.39 is 0 Å². The highest BCUT2D eigenvalue weighted by Gasteiger charge is 2.10. The first kappa shape index (κ1) is 14.1. The molecule has 0 aliphatic heterocycles. The van der Waals surface area contributed by atoms with Crippen LogP contribution in [0.15, 0.2) is 6.20 Å². The summed E-state index contributed by atoms with van der Waals surface area (Å²) in [5.41, 5.74) is 0. The molecule has 0 N–H and O–H groups in total. The van der Waals surface area contributed by atoms with E-state index in [2.05, 4.69) is 4.98 Å². The molecule has 0 unspecified atom stereocenters. The Morgan fingerprint density at radius 2 is 2.35 bits per heavy atom. The van der Waals surface area contributed by atoms with Crippen LogP contribution in [0.5, 0.6) is 0 Å². The van der Waals surface area contributed by atoms with Gasteiger partial charge in [-0.25, -0.2) is 4.98 Å². The lowest BCUT2D eigenvalue weighted by atomic mass is 10.3. The first-order valence-corrected chi connectivity index (χ1v) is 6.68. The molecule has 96 valence electrons. The van der Waals surface area contributed by atoms with E-state index in [0.29, 0.717) is 26.2 Å². The second-order valence-electron chi connectivity index (χ2n) is 3.90. The lowest BCUT2D eigenvalue weighted by Gasteiger charge is -2.15. The lowest BCUT2D eigenvalue weighted by Crippen LogP contribution is -2.25. The fourth-order valence-corrected chi connectivity index (χ4v) is 2.31. The SMILES string of the molecule is CCOCCCC(=O)N(C)Cc1cnc(C)s1. The number of hydrogen-bond acceptors (Lipinski definition) is 4. The van der Waals surface area contributed by atoms with Crippen molar-refractivity contribution >= 4 is 17.2 Å². The maximum absolute atomic E-state index is 11.8. The fourth-order valence-electron chi connectivity index (χ4n) is 1.46. The smallest absolute Gasteiger partial charge is 0.222 e. The van der Waals surface area contributed by atoms with Crippen LogP contribution >= 0.6 is 11.3 Å². The lowest BCUT2D eigenvalue weighted by molar-refractivity contribution is -0.130. The highest BCUT2D eigenvalue weighted by Crippen LogP contribution is 2.13. The number of nitrogens with zero attached hydrogens (tertiary/aromatic N) is 2. The summed E-state index contributed by atoms with van der Waals surface area (Å²) in [6.45, 7) is 5.96. The minimum absolute atomic E-state index is 0.163. The second-order valence-corrected chi connectivity index (χ2v) is 5.22. The molecular weight excluding hydrogens is 236 g/mol. The third-order valence-electron chi connectivity index (χ3n) is 2.37. The van der Waals surface area contributed by atoms with Crippen LogP contribution in [0.2, 0.25) is 0 Å². The van der Waals surface area contributed by atoms with Gasteiger partial charge in [-0.1, -0.05) is 0 Å². The van der Waals surface area contributed by atoms with E-state index in [1.54, 1.807) is 16.2 Å². The summed E-state index contributed by atoms with van der Waals surface area (Å²) in [4.78, 5) is 18.8. The van der Waals surface area contributed by atoms with Gasteiger partial charge >= 0.3 is 0 Å². The Hall–Kier alpha value is -0.940. The van der Waals surface area contributed by atoms with E-state index in [1.165, 1.54) is 0 Å². The number of amides is 1. The van der Waals surface area contributed by atoms with E-state index in [0.717, 1.165) is 16.3 Å². The number of carbonyl (C=O) groups excluding carboxylic acids is 1. The molecule has 0 fully saturated rings. The summed E-state index contributed by atoms with van der Waals surface area (Å²) in [5.74, 6) is 0.163. The Bertz CT molecular complexity index is 352. The molecule has 0 radical (unpaired) electrons. The zero-order valence-electron chi connectivity index (χ0n) is 10.7. The summed E-state index contributed by atoms with van der Waals surface area (Å²) in [5, 5.41) is 1.04. The first-order valence-electron chi connectivity index (χ1n) is 5.86. The minimum atomic E-state index is 0.163. The molecule has 1 rings (SSSR count). The van der Waals surface area contributed by atoms with E-state index in [4.69, 9.17) is 4.74 Å². The van der Waals surface area contributed by atoms with Crippen molar-refractivity contribution in [3.05, 3.63) is 16.1 Å². The number of hydrogen-bond donors (Lipinski definition) is 0. The number of aromatic nitrogens is 1. The van der Waals surface area contributed by atoms with Crippen LogP contribution in [0, 0.1) is 6.92 Å². The van der Waals surface area contributed by atoms with Gasteiger partial charge in [0.25, 0.3) is 0 Å². The molecule has 0 aliphatic rings. The average Bonchev–Trinajstić information content (AvgIpc) is 2.70. The van der Waals surface area contributed by atoms with Crippen molar-refractivity contribution < 1.29 is 9.53 Å². The Balaban J connectivity index is 2.27. The number of ether oxygens (including phenoxy) is 1. The van der Waals surface area contributed by atoms with Crippen LogP contribution in [-0.4, -0.2) is 36.1 Å². The van der Waals surface area contributed by atoms with Crippen LogP contribution < -0.4 is 0 Å². The zero-order valence-corrected chi connectivity index (χ0v) is 11.5. The molecule has 1 aromatic heterocycles. The van der Waals surface area contributed by atoms with Gasteiger partial charge in [-0.15, -0.1) is 11.3 Å². The van der Waals surface area contributed by atoms with Gasteiger partial charge in [0.1, 0.15) is 0 Å². The molecule has 0 aliphatic carbocycles. The highest BCUT2D eigenvalue weighted by atomic mass is 32.1. The van der Waals surface area contributed by atoms with Gasteiger partial charge in [0, 0.05) is 37.8 Å². The van der Waals surface area contributed by atoms with Gasteiger partial charge < -0.3 is 9.64 Å². The van der Waals surface area contributed by atoms with Crippen LogP contribution in [-0.2, 0) is 16.1 Å². The molecule has 1 aromatic rings.